The Balaban J connectivity index is 2.42. The predicted molar refractivity (Wildman–Crippen MR) is 81.6 cm³/mol. The summed E-state index contributed by atoms with van der Waals surface area (Å²) in [5, 5.41) is 3.42. The van der Waals surface area contributed by atoms with E-state index in [0.717, 1.165) is 44.1 Å². The molecule has 2 atom stereocenters. The number of hydrogen-bond acceptors (Lipinski definition) is 5. The molecule has 0 amide bonds. The second-order valence-electron chi connectivity index (χ2n) is 4.83. The zero-order valence-corrected chi connectivity index (χ0v) is 13.3. The van der Waals surface area contributed by atoms with Crippen molar-refractivity contribution in [2.75, 3.05) is 44.3 Å². The Morgan fingerprint density at radius 3 is 2.68 bits per heavy atom. The Morgan fingerprint density at radius 1 is 1.42 bits per heavy atom. The van der Waals surface area contributed by atoms with Gasteiger partial charge in [0, 0.05) is 13.1 Å². The van der Waals surface area contributed by atoms with Gasteiger partial charge < -0.3 is 15.0 Å². The van der Waals surface area contributed by atoms with Crippen LogP contribution in [-0.2, 0) is 9.53 Å². The van der Waals surface area contributed by atoms with Crippen LogP contribution in [0.3, 0.4) is 0 Å². The summed E-state index contributed by atoms with van der Waals surface area (Å²) in [4.78, 5) is 14.4. The van der Waals surface area contributed by atoms with Crippen molar-refractivity contribution in [2.45, 2.75) is 33.2 Å². The first kappa shape index (κ1) is 16.8. The van der Waals surface area contributed by atoms with Crippen LogP contribution in [0.25, 0.3) is 0 Å². The van der Waals surface area contributed by atoms with Crippen molar-refractivity contribution in [1.82, 2.24) is 10.2 Å². The lowest BCUT2D eigenvalue weighted by atomic mass is 9.99. The monoisotopic (exact) mass is 288 g/mol. The van der Waals surface area contributed by atoms with E-state index in [2.05, 4.69) is 24.1 Å². The number of likely N-dealkylation sites (N-methyl/N-ethyl adjacent to an activating group) is 1. The first-order chi connectivity index (χ1) is 9.22. The lowest BCUT2D eigenvalue weighted by molar-refractivity contribution is -0.147. The van der Waals surface area contributed by atoms with Gasteiger partial charge in [-0.15, -0.1) is 0 Å². The molecule has 19 heavy (non-hydrogen) atoms. The lowest BCUT2D eigenvalue weighted by Gasteiger charge is -2.24. The molecular weight excluding hydrogens is 260 g/mol. The average Bonchev–Trinajstić information content (AvgIpc) is 2.93. The maximum Gasteiger partial charge on any atom is 0.323 e. The minimum Gasteiger partial charge on any atom is -0.465 e. The molecule has 1 saturated heterocycles. The van der Waals surface area contributed by atoms with Gasteiger partial charge in [0.15, 0.2) is 0 Å². The molecule has 0 radical (unpaired) electrons. The highest BCUT2D eigenvalue weighted by Crippen LogP contribution is 2.26. The van der Waals surface area contributed by atoms with Crippen molar-refractivity contribution < 1.29 is 9.53 Å². The van der Waals surface area contributed by atoms with Crippen LogP contribution in [0.4, 0.5) is 0 Å². The maximum atomic E-state index is 12.0. The van der Waals surface area contributed by atoms with Gasteiger partial charge in [0.1, 0.15) is 6.04 Å². The van der Waals surface area contributed by atoms with Crippen molar-refractivity contribution in [1.29, 1.82) is 0 Å². The van der Waals surface area contributed by atoms with Crippen molar-refractivity contribution in [3.05, 3.63) is 0 Å². The van der Waals surface area contributed by atoms with Gasteiger partial charge in [0.05, 0.1) is 6.61 Å². The summed E-state index contributed by atoms with van der Waals surface area (Å²) in [6, 6.07) is -0.120. The fourth-order valence-electron chi connectivity index (χ4n) is 2.41. The first-order valence-corrected chi connectivity index (χ1v) is 8.58. The molecule has 112 valence electrons. The minimum atomic E-state index is -0.120. The quantitative estimate of drug-likeness (QED) is 0.653. The number of carbonyl (C=O) groups excluding carboxylic acids is 1. The third kappa shape index (κ3) is 5.71. The molecular formula is C14H28N2O2S. The first-order valence-electron chi connectivity index (χ1n) is 7.43. The third-order valence-electron chi connectivity index (χ3n) is 3.66. The van der Waals surface area contributed by atoms with Crippen LogP contribution in [0.15, 0.2) is 0 Å². The number of carbonyl (C=O) groups is 1. The van der Waals surface area contributed by atoms with Gasteiger partial charge in [0.2, 0.25) is 0 Å². The van der Waals surface area contributed by atoms with Crippen LogP contribution < -0.4 is 5.32 Å². The molecule has 0 bridgehead atoms. The molecule has 0 aliphatic carbocycles. The molecule has 1 fully saturated rings. The number of nitrogens with zero attached hydrogens (tertiary/aromatic N) is 1. The van der Waals surface area contributed by atoms with Crippen LogP contribution in [-0.4, -0.2) is 61.2 Å². The summed E-state index contributed by atoms with van der Waals surface area (Å²) in [6.45, 7) is 10.6. The van der Waals surface area contributed by atoms with Crippen molar-refractivity contribution in [3.63, 3.8) is 0 Å². The molecule has 0 aromatic heterocycles. The van der Waals surface area contributed by atoms with Gasteiger partial charge in [-0.05, 0) is 43.9 Å². The molecule has 1 rings (SSSR count). The predicted octanol–water partition coefficient (Wildman–Crippen LogP) is 1.60. The molecule has 5 heteroatoms. The molecule has 1 aliphatic rings. The fourth-order valence-corrected chi connectivity index (χ4v) is 3.71. The van der Waals surface area contributed by atoms with E-state index in [1.807, 2.05) is 18.7 Å². The molecule has 0 aromatic carbocycles. The molecule has 2 unspecified atom stereocenters. The zero-order valence-electron chi connectivity index (χ0n) is 12.5. The van der Waals surface area contributed by atoms with E-state index in [0.29, 0.717) is 12.5 Å². The largest absolute Gasteiger partial charge is 0.465 e. The van der Waals surface area contributed by atoms with E-state index < -0.39 is 0 Å². The van der Waals surface area contributed by atoms with Gasteiger partial charge in [-0.1, -0.05) is 13.8 Å². The summed E-state index contributed by atoms with van der Waals surface area (Å²) in [7, 11) is 0. The van der Waals surface area contributed by atoms with Crippen LogP contribution in [0.1, 0.15) is 27.2 Å². The summed E-state index contributed by atoms with van der Waals surface area (Å²) in [5.74, 6) is 2.59. The minimum absolute atomic E-state index is 0.0745. The van der Waals surface area contributed by atoms with Crippen molar-refractivity contribution in [2.24, 2.45) is 5.92 Å². The number of nitrogens with one attached hydrogen (secondary N) is 1. The molecule has 0 saturated carbocycles. The highest BCUT2D eigenvalue weighted by molar-refractivity contribution is 7.99. The topological polar surface area (TPSA) is 41.6 Å². The van der Waals surface area contributed by atoms with Crippen LogP contribution in [0.5, 0.6) is 0 Å². The van der Waals surface area contributed by atoms with Crippen molar-refractivity contribution in [3.8, 4) is 0 Å². The Bertz CT molecular complexity index is 254. The third-order valence-corrected chi connectivity index (χ3v) is 4.85. The smallest absolute Gasteiger partial charge is 0.323 e. The van der Waals surface area contributed by atoms with Crippen LogP contribution in [0, 0.1) is 5.92 Å². The van der Waals surface area contributed by atoms with Gasteiger partial charge in [0.25, 0.3) is 0 Å². The van der Waals surface area contributed by atoms with Gasteiger partial charge >= 0.3 is 5.97 Å². The Kier molecular flexibility index (Phi) is 8.50. The van der Waals surface area contributed by atoms with Gasteiger partial charge in [-0.3, -0.25) is 4.79 Å². The molecule has 1 heterocycles. The highest BCUT2D eigenvalue weighted by atomic mass is 32.2. The second kappa shape index (κ2) is 9.61. The van der Waals surface area contributed by atoms with E-state index in [1.165, 1.54) is 0 Å². The highest BCUT2D eigenvalue weighted by Gasteiger charge is 2.31. The number of hydrogen-bond donors (Lipinski definition) is 1. The Hall–Kier alpha value is -0.260. The summed E-state index contributed by atoms with van der Waals surface area (Å²) < 4.78 is 5.20. The number of esters is 1. The molecule has 0 aromatic rings. The van der Waals surface area contributed by atoms with E-state index in [-0.39, 0.29) is 12.0 Å². The number of thioether (sulfide) groups is 1. The maximum absolute atomic E-state index is 12.0. The fraction of sp³-hybridized carbons (Fsp3) is 0.929. The standard InChI is InChI=1S/C14H28N2O2S/c1-4-16(5-2)9-8-15-13(14(17)18-6-3)12-7-10-19-11-12/h12-13,15H,4-11H2,1-3H3. The number of ether oxygens (including phenoxy) is 1. The van der Waals surface area contributed by atoms with Crippen LogP contribution in [0.2, 0.25) is 0 Å². The molecule has 4 nitrogen and oxygen atoms in total. The van der Waals surface area contributed by atoms with E-state index >= 15 is 0 Å². The normalized spacial score (nSPS) is 20.7. The Labute approximate surface area is 121 Å². The van der Waals surface area contributed by atoms with E-state index in [4.69, 9.17) is 4.74 Å². The zero-order chi connectivity index (χ0) is 14.1. The van der Waals surface area contributed by atoms with E-state index in [9.17, 15) is 4.79 Å². The van der Waals surface area contributed by atoms with Gasteiger partial charge in [-0.2, -0.15) is 11.8 Å². The van der Waals surface area contributed by atoms with Crippen molar-refractivity contribution >= 4 is 17.7 Å². The molecule has 1 N–H and O–H groups in total. The summed E-state index contributed by atoms with van der Waals surface area (Å²) >= 11 is 1.94. The SMILES string of the molecule is CCOC(=O)C(NCCN(CC)CC)C1CCSC1. The summed E-state index contributed by atoms with van der Waals surface area (Å²) in [5.41, 5.74) is 0. The van der Waals surface area contributed by atoms with E-state index in [1.54, 1.807) is 0 Å². The average molecular weight is 288 g/mol. The van der Waals surface area contributed by atoms with Crippen LogP contribution >= 0.6 is 11.8 Å². The second-order valence-corrected chi connectivity index (χ2v) is 5.98. The van der Waals surface area contributed by atoms with Gasteiger partial charge in [-0.25, -0.2) is 0 Å². The lowest BCUT2D eigenvalue weighted by Crippen LogP contribution is -2.46. The number of rotatable bonds is 9. The molecule has 1 aliphatic heterocycles. The molecule has 0 spiro atoms. The summed E-state index contributed by atoms with van der Waals surface area (Å²) in [6.07, 6.45) is 1.12. The Morgan fingerprint density at radius 2 is 2.16 bits per heavy atom.